The zero-order valence-corrected chi connectivity index (χ0v) is 17.0. The van der Waals surface area contributed by atoms with Crippen molar-refractivity contribution in [1.82, 2.24) is 15.5 Å². The van der Waals surface area contributed by atoms with E-state index in [1.54, 1.807) is 19.9 Å². The first-order valence-electron chi connectivity index (χ1n) is 9.57. The Kier molecular flexibility index (Phi) is 6.42. The molecule has 0 unspecified atom stereocenters. The lowest BCUT2D eigenvalue weighted by atomic mass is 9.83. The van der Waals surface area contributed by atoms with E-state index in [-0.39, 0.29) is 37.0 Å². The summed E-state index contributed by atoms with van der Waals surface area (Å²) in [6, 6.07) is 10.7. The van der Waals surface area contributed by atoms with Gasteiger partial charge in [0, 0.05) is 30.4 Å². The normalized spacial score (nSPS) is 12.1. The van der Waals surface area contributed by atoms with E-state index in [9.17, 15) is 22.4 Å². The minimum absolute atomic E-state index is 0.0731. The minimum atomic E-state index is -4.42. The molecule has 1 heterocycles. The molecule has 0 radical (unpaired) electrons. The lowest BCUT2D eigenvalue weighted by molar-refractivity contribution is -0.137. The summed E-state index contributed by atoms with van der Waals surface area (Å²) in [5.74, 6) is -0.119. The SMILES string of the molecule is CC(C)(CNC(=O)CCc1nc(-c2ccc(F)cc2)no1)c1cccc(C(F)(F)F)c1. The summed E-state index contributed by atoms with van der Waals surface area (Å²) < 4.78 is 57.0. The summed E-state index contributed by atoms with van der Waals surface area (Å²) in [6.07, 6.45) is -4.15. The monoisotopic (exact) mass is 435 g/mol. The van der Waals surface area contributed by atoms with Crippen molar-refractivity contribution in [2.45, 2.75) is 38.3 Å². The third kappa shape index (κ3) is 5.90. The Morgan fingerprint density at radius 2 is 1.74 bits per heavy atom. The Labute approximate surface area is 176 Å². The van der Waals surface area contributed by atoms with Crippen molar-refractivity contribution >= 4 is 5.91 Å². The zero-order chi connectivity index (χ0) is 22.6. The van der Waals surface area contributed by atoms with Gasteiger partial charge in [0.05, 0.1) is 5.56 Å². The Balaban J connectivity index is 1.54. The van der Waals surface area contributed by atoms with Crippen LogP contribution in [0.25, 0.3) is 11.4 Å². The van der Waals surface area contributed by atoms with E-state index in [4.69, 9.17) is 4.52 Å². The number of aromatic nitrogens is 2. The van der Waals surface area contributed by atoms with Gasteiger partial charge in [-0.15, -0.1) is 0 Å². The van der Waals surface area contributed by atoms with Crippen molar-refractivity contribution in [3.05, 3.63) is 71.4 Å². The van der Waals surface area contributed by atoms with Gasteiger partial charge in [-0.2, -0.15) is 18.2 Å². The van der Waals surface area contributed by atoms with E-state index in [1.165, 1.54) is 30.3 Å². The summed E-state index contributed by atoms with van der Waals surface area (Å²) in [5.41, 5.74) is -0.359. The molecule has 3 aromatic rings. The fraction of sp³-hybridized carbons (Fsp3) is 0.318. The third-order valence-corrected chi connectivity index (χ3v) is 4.84. The number of halogens is 4. The number of nitrogens with zero attached hydrogens (tertiary/aromatic N) is 2. The average molecular weight is 435 g/mol. The third-order valence-electron chi connectivity index (χ3n) is 4.84. The maximum Gasteiger partial charge on any atom is 0.416 e. The van der Waals surface area contributed by atoms with Crippen LogP contribution in [0.2, 0.25) is 0 Å². The van der Waals surface area contributed by atoms with Crippen LogP contribution in [-0.4, -0.2) is 22.6 Å². The number of aryl methyl sites for hydroxylation is 1. The number of rotatable bonds is 7. The van der Waals surface area contributed by atoms with Crippen molar-refractivity contribution in [1.29, 1.82) is 0 Å². The molecule has 2 aromatic carbocycles. The first-order valence-corrected chi connectivity index (χ1v) is 9.57. The topological polar surface area (TPSA) is 68.0 Å². The van der Waals surface area contributed by atoms with Crippen LogP contribution in [0.3, 0.4) is 0 Å². The number of hydrogen-bond acceptors (Lipinski definition) is 4. The van der Waals surface area contributed by atoms with Crippen LogP contribution in [0.5, 0.6) is 0 Å². The number of nitrogens with one attached hydrogen (secondary N) is 1. The molecule has 1 amide bonds. The molecule has 0 saturated heterocycles. The lowest BCUT2D eigenvalue weighted by Gasteiger charge is -2.26. The van der Waals surface area contributed by atoms with Crippen molar-refractivity contribution in [2.75, 3.05) is 6.54 Å². The highest BCUT2D eigenvalue weighted by atomic mass is 19.4. The summed E-state index contributed by atoms with van der Waals surface area (Å²) >= 11 is 0. The Hall–Kier alpha value is -3.23. The van der Waals surface area contributed by atoms with E-state index in [1.807, 2.05) is 0 Å². The van der Waals surface area contributed by atoms with Crippen LogP contribution < -0.4 is 5.32 Å². The van der Waals surface area contributed by atoms with E-state index >= 15 is 0 Å². The molecule has 0 bridgehead atoms. The van der Waals surface area contributed by atoms with Gasteiger partial charge in [-0.25, -0.2) is 4.39 Å². The van der Waals surface area contributed by atoms with Crippen LogP contribution >= 0.6 is 0 Å². The molecule has 1 N–H and O–H groups in total. The van der Waals surface area contributed by atoms with Crippen molar-refractivity contribution < 1.29 is 26.9 Å². The molecule has 0 spiro atoms. The number of carbonyl (C=O) groups excluding carboxylic acids is 1. The predicted octanol–water partition coefficient (Wildman–Crippen LogP) is 4.92. The molecule has 0 aliphatic carbocycles. The molecule has 1 aromatic heterocycles. The van der Waals surface area contributed by atoms with E-state index in [0.717, 1.165) is 12.1 Å². The van der Waals surface area contributed by atoms with Gasteiger partial charge in [0.25, 0.3) is 0 Å². The van der Waals surface area contributed by atoms with Crippen molar-refractivity contribution in [3.8, 4) is 11.4 Å². The maximum atomic E-state index is 13.0. The molecule has 0 saturated carbocycles. The fourth-order valence-corrected chi connectivity index (χ4v) is 2.92. The Bertz CT molecular complexity index is 1040. The van der Waals surface area contributed by atoms with Crippen LogP contribution in [-0.2, 0) is 22.8 Å². The van der Waals surface area contributed by atoms with E-state index in [0.29, 0.717) is 17.0 Å². The first-order chi connectivity index (χ1) is 14.5. The average Bonchev–Trinajstić information content (AvgIpc) is 3.20. The zero-order valence-electron chi connectivity index (χ0n) is 17.0. The number of amides is 1. The molecule has 5 nitrogen and oxygen atoms in total. The van der Waals surface area contributed by atoms with Gasteiger partial charge in [-0.3, -0.25) is 4.79 Å². The molecule has 3 rings (SSSR count). The van der Waals surface area contributed by atoms with Gasteiger partial charge < -0.3 is 9.84 Å². The van der Waals surface area contributed by atoms with Gasteiger partial charge in [0.2, 0.25) is 17.6 Å². The largest absolute Gasteiger partial charge is 0.416 e. The molecular formula is C22H21F4N3O2. The van der Waals surface area contributed by atoms with Gasteiger partial charge in [-0.05, 0) is 35.9 Å². The van der Waals surface area contributed by atoms with Gasteiger partial charge >= 0.3 is 6.18 Å². The quantitative estimate of drug-likeness (QED) is 0.535. The maximum absolute atomic E-state index is 13.0. The summed E-state index contributed by atoms with van der Waals surface area (Å²) in [6.45, 7) is 3.68. The predicted molar refractivity (Wildman–Crippen MR) is 105 cm³/mol. The number of benzene rings is 2. The van der Waals surface area contributed by atoms with Gasteiger partial charge in [-0.1, -0.05) is 37.2 Å². The molecular weight excluding hydrogens is 414 g/mol. The highest BCUT2D eigenvalue weighted by molar-refractivity contribution is 5.76. The second-order valence-corrected chi connectivity index (χ2v) is 7.76. The first kappa shape index (κ1) is 22.5. The van der Waals surface area contributed by atoms with Crippen LogP contribution in [0.15, 0.2) is 53.1 Å². The molecule has 0 aliphatic heterocycles. The number of alkyl halides is 3. The highest BCUT2D eigenvalue weighted by Crippen LogP contribution is 2.32. The highest BCUT2D eigenvalue weighted by Gasteiger charge is 2.32. The smallest absolute Gasteiger partial charge is 0.355 e. The second kappa shape index (κ2) is 8.87. The van der Waals surface area contributed by atoms with Crippen molar-refractivity contribution in [3.63, 3.8) is 0 Å². The molecule has 9 heteroatoms. The molecule has 0 fully saturated rings. The van der Waals surface area contributed by atoms with Crippen molar-refractivity contribution in [2.24, 2.45) is 0 Å². The van der Waals surface area contributed by atoms with Gasteiger partial charge in [0.15, 0.2) is 0 Å². The van der Waals surface area contributed by atoms with Gasteiger partial charge in [0.1, 0.15) is 5.82 Å². The standard InChI is InChI=1S/C22H21F4N3O2/c1-21(2,15-4-3-5-16(12-15)22(24,25)26)13-27-18(30)10-11-19-28-20(29-31-19)14-6-8-17(23)9-7-14/h3-9,12H,10-11,13H2,1-2H3,(H,27,30). The second-order valence-electron chi connectivity index (χ2n) is 7.76. The Morgan fingerprint density at radius 1 is 1.06 bits per heavy atom. The summed E-state index contributed by atoms with van der Waals surface area (Å²) in [7, 11) is 0. The number of carbonyl (C=O) groups is 1. The minimum Gasteiger partial charge on any atom is -0.355 e. The molecule has 31 heavy (non-hydrogen) atoms. The van der Waals surface area contributed by atoms with Crippen LogP contribution in [0.4, 0.5) is 17.6 Å². The molecule has 0 aliphatic rings. The van der Waals surface area contributed by atoms with E-state index < -0.39 is 17.2 Å². The number of hydrogen-bond donors (Lipinski definition) is 1. The summed E-state index contributed by atoms with van der Waals surface area (Å²) in [5, 5.41) is 6.56. The van der Waals surface area contributed by atoms with Crippen LogP contribution in [0.1, 0.15) is 37.3 Å². The van der Waals surface area contributed by atoms with E-state index in [2.05, 4.69) is 15.5 Å². The van der Waals surface area contributed by atoms with Crippen LogP contribution in [0, 0.1) is 5.82 Å². The molecule has 0 atom stereocenters. The Morgan fingerprint density at radius 3 is 2.42 bits per heavy atom. The molecule has 164 valence electrons. The summed E-state index contributed by atoms with van der Waals surface area (Å²) in [4.78, 5) is 16.4. The lowest BCUT2D eigenvalue weighted by Crippen LogP contribution is -2.37. The fourth-order valence-electron chi connectivity index (χ4n) is 2.92.